The van der Waals surface area contributed by atoms with E-state index < -0.39 is 35.8 Å². The smallest absolute Gasteiger partial charge is 0.543 e. The van der Waals surface area contributed by atoms with Crippen molar-refractivity contribution in [3.8, 4) is 0 Å². The van der Waals surface area contributed by atoms with Crippen molar-refractivity contribution in [2.75, 3.05) is 0 Å². The minimum absolute atomic E-state index is 0. The molecule has 0 bridgehead atoms. The molecular formula is C6H22O20Ti2+6. The predicted octanol–water partition coefficient (Wildman–Crippen LogP) is -17.7. The van der Waals surface area contributed by atoms with E-state index >= 15 is 0 Å². The van der Waals surface area contributed by atoms with Gasteiger partial charge in [-0.25, -0.2) is 0 Å². The standard InChI is InChI=1S/3C2H2O4.8H2O.2Ti/c3*3-1(4)2(5)6;;;;;;;;;;/h3*(H,3,4)(H,5,6);8*1H2;;/q;;;;;;;;;;;2*+3. The van der Waals surface area contributed by atoms with Gasteiger partial charge in [0.2, 0.25) is 0 Å². The van der Waals surface area contributed by atoms with Crippen molar-refractivity contribution in [3.63, 3.8) is 0 Å². The van der Waals surface area contributed by atoms with Crippen LogP contribution in [0.25, 0.3) is 0 Å². The summed E-state index contributed by atoms with van der Waals surface area (Å²) in [6.07, 6.45) is 0. The molecule has 0 rings (SSSR count). The number of carbonyl (C=O) groups excluding carboxylic acids is 6. The SMILES string of the molecule is O.O.O=C([O-])C(=O)[O-].O=C([O-])C(=O)[O-].O=C([O-])C(=O)[O-].[OH3+].[OH3+].[OH3+].[OH3+].[OH3+].[OH3+].[Ti+3].[Ti+3]. The Labute approximate surface area is 182 Å². The molecular weight excluding hydrogens is 488 g/mol. The topological polar surface area (TPSA) is 502 Å². The van der Waals surface area contributed by atoms with Crippen LogP contribution in [-0.2, 0) is 105 Å². The number of hydrogen-bond donors (Lipinski definition) is 0. The Hall–Kier alpha value is -2.07. The zero-order valence-corrected chi connectivity index (χ0v) is 16.5. The number of carboxylic acid groups (broad SMARTS) is 6. The van der Waals surface area contributed by atoms with Crippen molar-refractivity contribution in [1.29, 1.82) is 0 Å². The van der Waals surface area contributed by atoms with E-state index in [2.05, 4.69) is 0 Å². The second-order valence-corrected chi connectivity index (χ2v) is 1.72. The van der Waals surface area contributed by atoms with Crippen molar-refractivity contribution in [2.24, 2.45) is 0 Å². The van der Waals surface area contributed by atoms with Crippen LogP contribution in [0.1, 0.15) is 0 Å². The van der Waals surface area contributed by atoms with Crippen molar-refractivity contribution in [1.82, 2.24) is 0 Å². The van der Waals surface area contributed by atoms with Gasteiger partial charge in [-0.05, 0) is 0 Å². The Morgan fingerprint density at radius 2 is 0.357 bits per heavy atom. The van der Waals surface area contributed by atoms with Gasteiger partial charge in [-0.3, -0.25) is 0 Å². The largest absolute Gasteiger partial charge is 3.00 e. The minimum atomic E-state index is -2.19. The van der Waals surface area contributed by atoms with Crippen LogP contribution >= 0.6 is 0 Å². The van der Waals surface area contributed by atoms with Crippen molar-refractivity contribution in [2.45, 2.75) is 0 Å². The van der Waals surface area contributed by atoms with Crippen molar-refractivity contribution in [3.05, 3.63) is 0 Å². The minimum Gasteiger partial charge on any atom is -0.543 e. The summed E-state index contributed by atoms with van der Waals surface area (Å²) in [4.78, 5) is 53.6. The number of rotatable bonds is 0. The number of carbonyl (C=O) groups is 6. The number of aliphatic carboxylic acids is 6. The van der Waals surface area contributed by atoms with Gasteiger partial charge >= 0.3 is 43.4 Å². The van der Waals surface area contributed by atoms with Crippen LogP contribution in [0.5, 0.6) is 0 Å². The molecule has 0 atom stereocenters. The quantitative estimate of drug-likeness (QED) is 0.166. The molecule has 0 aromatic rings. The first-order valence-corrected chi connectivity index (χ1v) is 3.20. The Bertz CT molecular complexity index is 286. The molecule has 0 aromatic heterocycles. The molecule has 0 heterocycles. The zero-order valence-electron chi connectivity index (χ0n) is 13.4. The van der Waals surface area contributed by atoms with Gasteiger partial charge in [0.05, 0.1) is 35.8 Å². The Morgan fingerprint density at radius 1 is 0.321 bits per heavy atom. The normalized spacial score (nSPS) is 4.71. The second-order valence-electron chi connectivity index (χ2n) is 1.72. The molecule has 0 aromatic carbocycles. The number of carboxylic acids is 6. The third kappa shape index (κ3) is 128. The van der Waals surface area contributed by atoms with Gasteiger partial charge in [0.15, 0.2) is 0 Å². The van der Waals surface area contributed by atoms with Crippen LogP contribution in [-0.4, -0.2) is 46.8 Å². The first kappa shape index (κ1) is 96.4. The van der Waals surface area contributed by atoms with E-state index in [9.17, 15) is 0 Å². The summed E-state index contributed by atoms with van der Waals surface area (Å²) in [6.45, 7) is 0. The fourth-order valence-corrected chi connectivity index (χ4v) is 0. The van der Waals surface area contributed by atoms with Crippen molar-refractivity contribution >= 4 is 35.8 Å². The van der Waals surface area contributed by atoms with Crippen LogP contribution in [0, 0.1) is 0 Å². The number of hydrogen-bond acceptors (Lipinski definition) is 12. The summed E-state index contributed by atoms with van der Waals surface area (Å²) in [5, 5.41) is 53.6. The van der Waals surface area contributed by atoms with E-state index in [1.54, 1.807) is 0 Å². The monoisotopic (exact) mass is 510 g/mol. The van der Waals surface area contributed by atoms with Crippen molar-refractivity contribution < 1.29 is 147 Å². The van der Waals surface area contributed by atoms with Gasteiger partial charge in [-0.2, -0.15) is 0 Å². The van der Waals surface area contributed by atoms with E-state index in [1.165, 1.54) is 0 Å². The molecule has 20 nitrogen and oxygen atoms in total. The van der Waals surface area contributed by atoms with Gasteiger partial charge in [0.25, 0.3) is 0 Å². The molecule has 0 spiro atoms. The first-order chi connectivity index (χ1) is 7.93. The maximum absolute atomic E-state index is 8.93. The average Bonchev–Trinajstić information content (AvgIpc) is 2.18. The van der Waals surface area contributed by atoms with E-state index in [-0.39, 0.29) is 87.2 Å². The molecule has 0 amide bonds. The zero-order chi connectivity index (χ0) is 15.5. The molecule has 2 radical (unpaired) electrons. The van der Waals surface area contributed by atoms with Gasteiger partial charge in [-0.15, -0.1) is 0 Å². The summed E-state index contributed by atoms with van der Waals surface area (Å²) >= 11 is 0. The molecule has 168 valence electrons. The molecule has 0 aliphatic heterocycles. The summed E-state index contributed by atoms with van der Waals surface area (Å²) < 4.78 is 0. The third-order valence-electron chi connectivity index (χ3n) is 0.500. The van der Waals surface area contributed by atoms with E-state index in [0.29, 0.717) is 0 Å². The van der Waals surface area contributed by atoms with Gasteiger partial charge in [0.1, 0.15) is 0 Å². The van der Waals surface area contributed by atoms with Crippen LogP contribution in [0.15, 0.2) is 0 Å². The molecule has 0 saturated carbocycles. The summed E-state index contributed by atoms with van der Waals surface area (Å²) in [6, 6.07) is 0. The second kappa shape index (κ2) is 56.3. The molecule has 0 aliphatic carbocycles. The molecule has 0 unspecified atom stereocenters. The van der Waals surface area contributed by atoms with Crippen LogP contribution in [0.2, 0.25) is 0 Å². The van der Waals surface area contributed by atoms with Crippen LogP contribution < -0.4 is 30.6 Å². The van der Waals surface area contributed by atoms with Gasteiger partial charge in [0, 0.05) is 0 Å². The van der Waals surface area contributed by atoms with Crippen LogP contribution in [0.4, 0.5) is 0 Å². The van der Waals surface area contributed by atoms with E-state index in [0.717, 1.165) is 0 Å². The Morgan fingerprint density at radius 3 is 0.357 bits per heavy atom. The van der Waals surface area contributed by atoms with Gasteiger partial charge < -0.3 is 103 Å². The van der Waals surface area contributed by atoms with Crippen LogP contribution in [0.3, 0.4) is 0 Å². The van der Waals surface area contributed by atoms with Gasteiger partial charge in [-0.1, -0.05) is 0 Å². The summed E-state index contributed by atoms with van der Waals surface area (Å²) in [7, 11) is 0. The fourth-order valence-electron chi connectivity index (χ4n) is 0. The molecule has 28 heavy (non-hydrogen) atoms. The maximum Gasteiger partial charge on any atom is 3.00 e. The summed E-state index contributed by atoms with van der Waals surface area (Å²) in [5.41, 5.74) is 0. The van der Waals surface area contributed by atoms with E-state index in [1.807, 2.05) is 0 Å². The fraction of sp³-hybridized carbons (Fsp3) is 0. The maximum atomic E-state index is 8.93. The van der Waals surface area contributed by atoms with E-state index in [4.69, 9.17) is 59.4 Å². The molecule has 22 heteroatoms. The molecule has 0 aliphatic rings. The average molecular weight is 510 g/mol. The Kier molecular flexibility index (Phi) is 194. The molecule has 22 N–H and O–H groups in total. The Balaban J connectivity index is -0.00000000930. The third-order valence-corrected chi connectivity index (χ3v) is 0.500. The predicted molar refractivity (Wildman–Crippen MR) is 66.5 cm³/mol. The first-order valence-electron chi connectivity index (χ1n) is 3.20. The summed E-state index contributed by atoms with van der Waals surface area (Å²) in [5.74, 6) is -13.1. The molecule has 0 saturated heterocycles. The molecule has 0 fully saturated rings.